The summed E-state index contributed by atoms with van der Waals surface area (Å²) in [5.74, 6) is 0.559. The summed E-state index contributed by atoms with van der Waals surface area (Å²) in [6, 6.07) is 14.2. The Hall–Kier alpha value is -2.66. The Morgan fingerprint density at radius 2 is 1.95 bits per heavy atom. The molecule has 3 rings (SSSR count). The van der Waals surface area contributed by atoms with Gasteiger partial charge >= 0.3 is 0 Å². The zero-order valence-electron chi connectivity index (χ0n) is 11.5. The van der Waals surface area contributed by atoms with Gasteiger partial charge in [-0.15, -0.1) is 5.10 Å². The van der Waals surface area contributed by atoms with Crippen LogP contribution >= 0.6 is 11.6 Å². The quantitative estimate of drug-likeness (QED) is 0.743. The van der Waals surface area contributed by atoms with Gasteiger partial charge < -0.3 is 4.74 Å². The molecule has 0 N–H and O–H groups in total. The Morgan fingerprint density at radius 3 is 2.68 bits per heavy atom. The second-order valence-corrected chi connectivity index (χ2v) is 4.97. The molecule has 2 heterocycles. The molecule has 3 aromatic rings. The van der Waals surface area contributed by atoms with Gasteiger partial charge in [-0.05, 0) is 23.8 Å². The first kappa shape index (κ1) is 14.3. The summed E-state index contributed by atoms with van der Waals surface area (Å²) in [5, 5.41) is 7.65. The minimum Gasteiger partial charge on any atom is -0.487 e. The lowest BCUT2D eigenvalue weighted by molar-refractivity contribution is 0.304. The fourth-order valence-corrected chi connectivity index (χ4v) is 2.11. The van der Waals surface area contributed by atoms with Crippen LogP contribution in [0.15, 0.2) is 65.7 Å². The molecule has 0 bridgehead atoms. The Balaban J connectivity index is 1.72. The van der Waals surface area contributed by atoms with E-state index in [4.69, 9.17) is 16.3 Å². The van der Waals surface area contributed by atoms with E-state index < -0.39 is 0 Å². The number of hydrogen-bond donors (Lipinski definition) is 0. The average molecular weight is 314 g/mol. The lowest BCUT2D eigenvalue weighted by Crippen LogP contribution is -2.15. The van der Waals surface area contributed by atoms with Gasteiger partial charge in [0, 0.05) is 24.0 Å². The maximum Gasteiger partial charge on any atom is 0.255 e. The molecule has 0 atom stereocenters. The molecule has 0 unspecified atom stereocenters. The number of halogens is 1. The highest BCUT2D eigenvalue weighted by Crippen LogP contribution is 2.15. The van der Waals surface area contributed by atoms with Crippen molar-refractivity contribution < 1.29 is 4.74 Å². The second kappa shape index (κ2) is 6.41. The van der Waals surface area contributed by atoms with Crippen LogP contribution in [0.3, 0.4) is 0 Å². The fraction of sp³-hybridized carbons (Fsp3) is 0.0625. The summed E-state index contributed by atoms with van der Waals surface area (Å²) in [6.45, 7) is 0.381. The monoisotopic (exact) mass is 313 g/mol. The third kappa shape index (κ3) is 3.32. The highest BCUT2D eigenvalue weighted by Gasteiger charge is 2.01. The van der Waals surface area contributed by atoms with Gasteiger partial charge in [0.05, 0.1) is 6.20 Å². The molecule has 22 heavy (non-hydrogen) atoms. The van der Waals surface area contributed by atoms with Crippen LogP contribution in [0.2, 0.25) is 5.15 Å². The van der Waals surface area contributed by atoms with Crippen LogP contribution in [0.5, 0.6) is 5.75 Å². The molecule has 0 aliphatic heterocycles. The third-order valence-electron chi connectivity index (χ3n) is 3.04. The van der Waals surface area contributed by atoms with Crippen LogP contribution < -0.4 is 10.3 Å². The van der Waals surface area contributed by atoms with Gasteiger partial charge in [-0.25, -0.2) is 0 Å². The molecule has 0 radical (unpaired) electrons. The van der Waals surface area contributed by atoms with Crippen molar-refractivity contribution in [1.29, 1.82) is 0 Å². The van der Waals surface area contributed by atoms with Gasteiger partial charge in [0.1, 0.15) is 12.4 Å². The first-order valence-electron chi connectivity index (χ1n) is 6.60. The van der Waals surface area contributed by atoms with Gasteiger partial charge in [0.2, 0.25) is 0 Å². The van der Waals surface area contributed by atoms with E-state index in [1.807, 2.05) is 30.3 Å². The van der Waals surface area contributed by atoms with E-state index in [-0.39, 0.29) is 10.7 Å². The molecule has 110 valence electrons. The highest BCUT2D eigenvalue weighted by molar-refractivity contribution is 6.29. The number of nitrogens with zero attached hydrogens (tertiary/aromatic N) is 3. The summed E-state index contributed by atoms with van der Waals surface area (Å²) in [5.41, 5.74) is 1.72. The minimum absolute atomic E-state index is 0.0657. The van der Waals surface area contributed by atoms with Crippen LogP contribution in [0.4, 0.5) is 0 Å². The molecule has 0 aliphatic carbocycles. The predicted molar refractivity (Wildman–Crippen MR) is 83.4 cm³/mol. The number of rotatable bonds is 4. The summed E-state index contributed by atoms with van der Waals surface area (Å²) >= 11 is 5.74. The summed E-state index contributed by atoms with van der Waals surface area (Å²) in [7, 11) is 0. The number of hydrogen-bond acceptors (Lipinski definition) is 4. The van der Waals surface area contributed by atoms with E-state index >= 15 is 0 Å². The van der Waals surface area contributed by atoms with Crippen molar-refractivity contribution in [3.05, 3.63) is 82.0 Å². The van der Waals surface area contributed by atoms with Crippen molar-refractivity contribution in [2.75, 3.05) is 0 Å². The number of pyridine rings is 1. The van der Waals surface area contributed by atoms with E-state index in [9.17, 15) is 4.79 Å². The fourth-order valence-electron chi connectivity index (χ4n) is 1.96. The summed E-state index contributed by atoms with van der Waals surface area (Å²) < 4.78 is 7.17. The summed E-state index contributed by atoms with van der Waals surface area (Å²) in [6.07, 6.45) is 3.24. The smallest absolute Gasteiger partial charge is 0.255 e. The van der Waals surface area contributed by atoms with Gasteiger partial charge in [0.15, 0.2) is 5.15 Å². The Labute approximate surface area is 131 Å². The van der Waals surface area contributed by atoms with Gasteiger partial charge in [-0.3, -0.25) is 9.36 Å². The molecule has 0 saturated carbocycles. The van der Waals surface area contributed by atoms with Gasteiger partial charge in [-0.2, -0.15) is 5.10 Å². The van der Waals surface area contributed by atoms with E-state index in [1.54, 1.807) is 22.9 Å². The van der Waals surface area contributed by atoms with Crippen LogP contribution in [0.25, 0.3) is 5.69 Å². The van der Waals surface area contributed by atoms with Crippen molar-refractivity contribution >= 4 is 11.6 Å². The standard InChI is InChI=1S/C16H12ClN3O2/c17-15-9-14(10-18-19-15)22-11-12-4-6-13(7-5-12)20-8-2-1-3-16(20)21/h1-10H,11H2. The zero-order valence-corrected chi connectivity index (χ0v) is 12.3. The molecule has 0 aliphatic rings. The van der Waals surface area contributed by atoms with E-state index in [0.717, 1.165) is 11.3 Å². The molecule has 5 nitrogen and oxygen atoms in total. The van der Waals surface area contributed by atoms with E-state index in [1.165, 1.54) is 12.3 Å². The van der Waals surface area contributed by atoms with Crippen molar-refractivity contribution in [1.82, 2.24) is 14.8 Å². The summed E-state index contributed by atoms with van der Waals surface area (Å²) in [4.78, 5) is 11.8. The predicted octanol–water partition coefficient (Wildman–Crippen LogP) is 2.86. The Morgan fingerprint density at radius 1 is 1.14 bits per heavy atom. The van der Waals surface area contributed by atoms with Crippen molar-refractivity contribution in [2.24, 2.45) is 0 Å². The molecular formula is C16H12ClN3O2. The highest BCUT2D eigenvalue weighted by atomic mass is 35.5. The molecule has 2 aromatic heterocycles. The number of ether oxygens (including phenoxy) is 1. The zero-order chi connectivity index (χ0) is 15.4. The maximum absolute atomic E-state index is 11.8. The molecule has 0 spiro atoms. The van der Waals surface area contributed by atoms with Crippen molar-refractivity contribution in [3.8, 4) is 11.4 Å². The Kier molecular flexibility index (Phi) is 4.16. The SMILES string of the molecule is O=c1ccccn1-c1ccc(COc2cnnc(Cl)c2)cc1. The lowest BCUT2D eigenvalue weighted by atomic mass is 10.2. The number of aromatic nitrogens is 3. The third-order valence-corrected chi connectivity index (χ3v) is 3.23. The van der Waals surface area contributed by atoms with Gasteiger partial charge in [0.25, 0.3) is 5.56 Å². The van der Waals surface area contributed by atoms with Crippen LogP contribution in [-0.2, 0) is 6.61 Å². The normalized spacial score (nSPS) is 10.4. The first-order chi connectivity index (χ1) is 10.7. The maximum atomic E-state index is 11.8. The molecule has 0 amide bonds. The minimum atomic E-state index is -0.0657. The molecule has 1 aromatic carbocycles. The van der Waals surface area contributed by atoms with Crippen molar-refractivity contribution in [2.45, 2.75) is 6.61 Å². The van der Waals surface area contributed by atoms with E-state index in [2.05, 4.69) is 10.2 Å². The van der Waals surface area contributed by atoms with Crippen LogP contribution in [-0.4, -0.2) is 14.8 Å². The topological polar surface area (TPSA) is 57.0 Å². The van der Waals surface area contributed by atoms with Crippen LogP contribution in [0, 0.1) is 0 Å². The second-order valence-electron chi connectivity index (χ2n) is 4.58. The molecular weight excluding hydrogens is 302 g/mol. The lowest BCUT2D eigenvalue weighted by Gasteiger charge is -2.08. The van der Waals surface area contributed by atoms with Crippen molar-refractivity contribution in [3.63, 3.8) is 0 Å². The van der Waals surface area contributed by atoms with Gasteiger partial charge in [-0.1, -0.05) is 29.8 Å². The van der Waals surface area contributed by atoms with E-state index in [0.29, 0.717) is 12.4 Å². The number of benzene rings is 1. The molecule has 0 saturated heterocycles. The average Bonchev–Trinajstić information content (AvgIpc) is 2.54. The Bertz CT molecular complexity index is 831. The first-order valence-corrected chi connectivity index (χ1v) is 6.98. The molecule has 0 fully saturated rings. The molecule has 6 heteroatoms. The largest absolute Gasteiger partial charge is 0.487 e. The van der Waals surface area contributed by atoms with Crippen LogP contribution in [0.1, 0.15) is 5.56 Å².